The molecule has 1 unspecified atom stereocenters. The first-order valence-electron chi connectivity index (χ1n) is 8.74. The number of piperidine rings is 1. The van der Waals surface area contributed by atoms with Gasteiger partial charge in [0.1, 0.15) is 5.82 Å². The molecule has 0 bridgehead atoms. The molecule has 0 amide bonds. The highest BCUT2D eigenvalue weighted by atomic mass is 32.1. The highest BCUT2D eigenvalue weighted by Crippen LogP contribution is 2.23. The van der Waals surface area contributed by atoms with Crippen LogP contribution in [0.3, 0.4) is 0 Å². The van der Waals surface area contributed by atoms with Gasteiger partial charge in [-0.15, -0.1) is 0 Å². The molecule has 132 valence electrons. The van der Waals surface area contributed by atoms with Crippen LogP contribution in [-0.4, -0.2) is 18.2 Å². The van der Waals surface area contributed by atoms with Crippen LogP contribution in [0.2, 0.25) is 0 Å². The Morgan fingerprint density at radius 3 is 2.56 bits per heavy atom. The maximum absolute atomic E-state index is 12.9. The third-order valence-corrected chi connectivity index (χ3v) is 4.76. The van der Waals surface area contributed by atoms with Gasteiger partial charge in [0.05, 0.1) is 0 Å². The van der Waals surface area contributed by atoms with E-state index in [0.29, 0.717) is 11.7 Å². The number of hydrogen-bond donors (Lipinski definition) is 2. The van der Waals surface area contributed by atoms with Gasteiger partial charge in [0.15, 0.2) is 5.11 Å². The van der Waals surface area contributed by atoms with Crippen LogP contribution < -0.4 is 15.5 Å². The summed E-state index contributed by atoms with van der Waals surface area (Å²) in [6.45, 7) is 5.26. The molecule has 3 rings (SSSR count). The number of halogens is 1. The fourth-order valence-electron chi connectivity index (χ4n) is 3.14. The van der Waals surface area contributed by atoms with Gasteiger partial charge in [0, 0.05) is 31.0 Å². The average molecular weight is 357 g/mol. The number of thiocarbonyl (C=S) groups is 1. The summed E-state index contributed by atoms with van der Waals surface area (Å²) in [4.78, 5) is 2.46. The predicted molar refractivity (Wildman–Crippen MR) is 107 cm³/mol. The minimum absolute atomic E-state index is 0.257. The molecule has 1 fully saturated rings. The lowest BCUT2D eigenvalue weighted by Crippen LogP contribution is -2.34. The number of nitrogens with zero attached hydrogens (tertiary/aromatic N) is 1. The number of rotatable bonds is 4. The van der Waals surface area contributed by atoms with Crippen LogP contribution in [0.1, 0.15) is 25.3 Å². The Bertz CT molecular complexity index is 700. The Labute approximate surface area is 154 Å². The summed E-state index contributed by atoms with van der Waals surface area (Å²) in [5, 5.41) is 6.76. The van der Waals surface area contributed by atoms with E-state index in [9.17, 15) is 4.39 Å². The highest BCUT2D eigenvalue weighted by Gasteiger charge is 2.16. The standard InChI is InChI=1S/C20H24FN3S/c1-15-3-2-12-24(14-15)19-10-4-16(5-11-19)13-22-20(25)23-18-8-6-17(21)7-9-18/h4-11,15H,2-3,12-14H2,1H3,(H2,22,23,25). The molecular formula is C20H24FN3S. The van der Waals surface area contributed by atoms with Crippen LogP contribution in [0.25, 0.3) is 0 Å². The lowest BCUT2D eigenvalue weighted by Gasteiger charge is -2.32. The van der Waals surface area contributed by atoms with Gasteiger partial charge in [-0.1, -0.05) is 19.1 Å². The van der Waals surface area contributed by atoms with Crippen LogP contribution in [0.4, 0.5) is 15.8 Å². The van der Waals surface area contributed by atoms with E-state index in [4.69, 9.17) is 12.2 Å². The second kappa shape index (κ2) is 8.30. The first-order chi connectivity index (χ1) is 12.1. The van der Waals surface area contributed by atoms with Crippen LogP contribution in [-0.2, 0) is 6.54 Å². The van der Waals surface area contributed by atoms with Crippen molar-refractivity contribution in [2.45, 2.75) is 26.3 Å². The van der Waals surface area contributed by atoms with Crippen molar-refractivity contribution in [3.8, 4) is 0 Å². The molecule has 2 N–H and O–H groups in total. The number of hydrogen-bond acceptors (Lipinski definition) is 2. The number of benzene rings is 2. The zero-order valence-electron chi connectivity index (χ0n) is 14.5. The smallest absolute Gasteiger partial charge is 0.171 e. The highest BCUT2D eigenvalue weighted by molar-refractivity contribution is 7.80. The van der Waals surface area contributed by atoms with Gasteiger partial charge in [0.2, 0.25) is 0 Å². The summed E-state index contributed by atoms with van der Waals surface area (Å²) in [6.07, 6.45) is 2.60. The minimum atomic E-state index is -0.257. The van der Waals surface area contributed by atoms with Crippen LogP contribution in [0.15, 0.2) is 48.5 Å². The number of anilines is 2. The van der Waals surface area contributed by atoms with Crippen molar-refractivity contribution in [2.75, 3.05) is 23.3 Å². The molecule has 1 heterocycles. The van der Waals surface area contributed by atoms with Crippen molar-refractivity contribution in [1.82, 2.24) is 5.32 Å². The molecule has 2 aromatic carbocycles. The zero-order chi connectivity index (χ0) is 17.6. The molecule has 1 atom stereocenters. The fraction of sp³-hybridized carbons (Fsp3) is 0.350. The molecule has 25 heavy (non-hydrogen) atoms. The Balaban J connectivity index is 1.49. The Hall–Kier alpha value is -2.14. The van der Waals surface area contributed by atoms with Gasteiger partial charge in [-0.2, -0.15) is 0 Å². The summed E-state index contributed by atoms with van der Waals surface area (Å²) in [6, 6.07) is 14.8. The Kier molecular flexibility index (Phi) is 5.87. The summed E-state index contributed by atoms with van der Waals surface area (Å²) in [5.41, 5.74) is 3.24. The van der Waals surface area contributed by atoms with E-state index >= 15 is 0 Å². The summed E-state index contributed by atoms with van der Waals surface area (Å²) in [5.74, 6) is 0.512. The van der Waals surface area contributed by atoms with Crippen molar-refractivity contribution in [3.63, 3.8) is 0 Å². The lowest BCUT2D eigenvalue weighted by atomic mass is 9.99. The fourth-order valence-corrected chi connectivity index (χ4v) is 3.33. The lowest BCUT2D eigenvalue weighted by molar-refractivity contribution is 0.447. The molecule has 1 aliphatic rings. The first-order valence-corrected chi connectivity index (χ1v) is 9.15. The summed E-state index contributed by atoms with van der Waals surface area (Å²) in [7, 11) is 0. The third-order valence-electron chi connectivity index (χ3n) is 4.51. The topological polar surface area (TPSA) is 27.3 Å². The van der Waals surface area contributed by atoms with E-state index in [1.54, 1.807) is 12.1 Å². The van der Waals surface area contributed by atoms with Crippen LogP contribution in [0, 0.1) is 11.7 Å². The van der Waals surface area contributed by atoms with Gasteiger partial charge in [-0.3, -0.25) is 0 Å². The van der Waals surface area contributed by atoms with E-state index in [0.717, 1.165) is 24.7 Å². The zero-order valence-corrected chi connectivity index (χ0v) is 15.3. The molecule has 3 nitrogen and oxygen atoms in total. The van der Waals surface area contributed by atoms with E-state index in [1.807, 2.05) is 0 Å². The van der Waals surface area contributed by atoms with E-state index in [2.05, 4.69) is 46.7 Å². The van der Waals surface area contributed by atoms with Crippen LogP contribution >= 0.6 is 12.2 Å². The maximum atomic E-state index is 12.9. The van der Waals surface area contributed by atoms with Crippen molar-refractivity contribution >= 4 is 28.7 Å². The van der Waals surface area contributed by atoms with E-state index in [-0.39, 0.29) is 5.82 Å². The Morgan fingerprint density at radius 2 is 1.88 bits per heavy atom. The predicted octanol–water partition coefficient (Wildman–Crippen LogP) is 4.55. The molecular weight excluding hydrogens is 333 g/mol. The second-order valence-electron chi connectivity index (χ2n) is 6.67. The van der Waals surface area contributed by atoms with Gasteiger partial charge in [-0.25, -0.2) is 4.39 Å². The van der Waals surface area contributed by atoms with Gasteiger partial charge >= 0.3 is 0 Å². The molecule has 2 aromatic rings. The Morgan fingerprint density at radius 1 is 1.16 bits per heavy atom. The van der Waals surface area contributed by atoms with Gasteiger partial charge in [0.25, 0.3) is 0 Å². The summed E-state index contributed by atoms with van der Waals surface area (Å²) < 4.78 is 12.9. The van der Waals surface area contributed by atoms with Crippen molar-refractivity contribution in [3.05, 3.63) is 59.9 Å². The SMILES string of the molecule is CC1CCCN(c2ccc(CNC(=S)Nc3ccc(F)cc3)cc2)C1. The van der Waals surface area contributed by atoms with Gasteiger partial charge in [-0.05, 0) is 72.9 Å². The van der Waals surface area contributed by atoms with E-state index < -0.39 is 0 Å². The largest absolute Gasteiger partial charge is 0.371 e. The molecule has 1 aliphatic heterocycles. The normalized spacial score (nSPS) is 17.2. The molecule has 0 aliphatic carbocycles. The van der Waals surface area contributed by atoms with Crippen molar-refractivity contribution in [2.24, 2.45) is 5.92 Å². The van der Waals surface area contributed by atoms with E-state index in [1.165, 1.54) is 36.2 Å². The second-order valence-corrected chi connectivity index (χ2v) is 7.08. The molecule has 5 heteroatoms. The molecule has 1 saturated heterocycles. The van der Waals surface area contributed by atoms with Crippen molar-refractivity contribution in [1.29, 1.82) is 0 Å². The third kappa shape index (κ3) is 5.16. The minimum Gasteiger partial charge on any atom is -0.371 e. The van der Waals surface area contributed by atoms with Gasteiger partial charge < -0.3 is 15.5 Å². The average Bonchev–Trinajstić information content (AvgIpc) is 2.62. The molecule has 0 aromatic heterocycles. The quantitative estimate of drug-likeness (QED) is 0.785. The molecule has 0 radical (unpaired) electrons. The van der Waals surface area contributed by atoms with Crippen molar-refractivity contribution < 1.29 is 4.39 Å². The summed E-state index contributed by atoms with van der Waals surface area (Å²) >= 11 is 5.28. The van der Waals surface area contributed by atoms with Crippen LogP contribution in [0.5, 0.6) is 0 Å². The molecule has 0 spiro atoms. The molecule has 0 saturated carbocycles. The number of nitrogens with one attached hydrogen (secondary N) is 2. The monoisotopic (exact) mass is 357 g/mol. The maximum Gasteiger partial charge on any atom is 0.171 e. The first kappa shape index (κ1) is 17.7.